The molecule has 9 nitrogen and oxygen atoms in total. The lowest BCUT2D eigenvalue weighted by Crippen LogP contribution is -2.05. The van der Waals surface area contributed by atoms with Crippen molar-refractivity contribution >= 4 is 58.4 Å². The molecule has 0 amide bonds. The number of nitrogens with zero attached hydrogens (tertiary/aromatic N) is 3. The normalized spacial score (nSPS) is 11.0. The van der Waals surface area contributed by atoms with Crippen molar-refractivity contribution in [2.45, 2.75) is 0 Å². The minimum absolute atomic E-state index is 0.0240. The van der Waals surface area contributed by atoms with E-state index in [2.05, 4.69) is 15.5 Å². The van der Waals surface area contributed by atoms with Crippen LogP contribution in [0.3, 0.4) is 0 Å². The zero-order valence-corrected chi connectivity index (χ0v) is 16.4. The number of nitro groups is 1. The number of anilines is 1. The predicted octanol–water partition coefficient (Wildman–Crippen LogP) is 5.35. The fourth-order valence-electron chi connectivity index (χ4n) is 2.24. The molecule has 0 bridgehead atoms. The maximum atomic E-state index is 11.2. The number of aromatic nitrogens is 1. The fraction of sp³-hybridized carbons (Fsp3) is 0. The van der Waals surface area contributed by atoms with Crippen LogP contribution in [0.5, 0.6) is 0 Å². The number of nitrogens with one attached hydrogen (secondary N) is 1. The van der Waals surface area contributed by atoms with Gasteiger partial charge in [-0.1, -0.05) is 34.8 Å². The number of furan rings is 1. The number of halogens is 3. The third-order valence-electron chi connectivity index (χ3n) is 3.60. The van der Waals surface area contributed by atoms with Crippen molar-refractivity contribution in [2.24, 2.45) is 5.10 Å². The van der Waals surface area contributed by atoms with Gasteiger partial charge in [-0.3, -0.25) is 15.5 Å². The Bertz CT molecular complexity index is 1130. The van der Waals surface area contributed by atoms with E-state index in [0.29, 0.717) is 17.1 Å². The quantitative estimate of drug-likeness (QED) is 0.221. The van der Waals surface area contributed by atoms with Gasteiger partial charge in [-0.15, -0.1) is 0 Å². The second-order valence-corrected chi connectivity index (χ2v) is 6.55. The Morgan fingerprint density at radius 3 is 2.48 bits per heavy atom. The van der Waals surface area contributed by atoms with E-state index in [1.54, 1.807) is 24.3 Å². The largest absolute Gasteiger partial charge is 0.476 e. The summed E-state index contributed by atoms with van der Waals surface area (Å²) in [6, 6.07) is 9.13. The number of pyridine rings is 1. The molecule has 2 aromatic heterocycles. The number of hydrogen-bond donors (Lipinski definition) is 2. The predicted molar refractivity (Wildman–Crippen MR) is 108 cm³/mol. The molecule has 0 fully saturated rings. The van der Waals surface area contributed by atoms with E-state index in [4.69, 9.17) is 44.3 Å². The number of aromatic carboxylic acids is 1. The summed E-state index contributed by atoms with van der Waals surface area (Å²) in [4.78, 5) is 25.0. The number of carbonyl (C=O) groups is 1. The molecule has 1 aromatic carbocycles. The van der Waals surface area contributed by atoms with Crippen molar-refractivity contribution in [3.63, 3.8) is 0 Å². The average molecular weight is 456 g/mol. The van der Waals surface area contributed by atoms with Crippen LogP contribution < -0.4 is 5.43 Å². The number of non-ortho nitro benzene ring substituents is 1. The zero-order valence-electron chi connectivity index (χ0n) is 14.1. The molecule has 3 rings (SSSR count). The Hall–Kier alpha value is -3.14. The van der Waals surface area contributed by atoms with Crippen molar-refractivity contribution in [3.05, 3.63) is 73.2 Å². The SMILES string of the molecule is O=C(O)c1nc(Cl)c(Cl)c(N/N=C\c2ccc(-c3ccc([N+](=O)[O-])cc3)o2)c1Cl. The highest BCUT2D eigenvalue weighted by Gasteiger charge is 2.20. The van der Waals surface area contributed by atoms with E-state index in [-0.39, 0.29) is 26.6 Å². The van der Waals surface area contributed by atoms with Gasteiger partial charge in [-0.25, -0.2) is 9.78 Å². The number of carboxylic acids is 1. The highest BCUT2D eigenvalue weighted by Crippen LogP contribution is 2.36. The molecule has 0 aliphatic rings. The van der Waals surface area contributed by atoms with Gasteiger partial charge in [0.05, 0.1) is 16.8 Å². The molecule has 3 aromatic rings. The molecule has 12 heteroatoms. The van der Waals surface area contributed by atoms with Crippen molar-refractivity contribution in [3.8, 4) is 11.3 Å². The smallest absolute Gasteiger partial charge is 0.356 e. The van der Waals surface area contributed by atoms with Crippen LogP contribution in [0.4, 0.5) is 11.4 Å². The molecule has 148 valence electrons. The van der Waals surface area contributed by atoms with Gasteiger partial charge >= 0.3 is 5.97 Å². The molecule has 2 N–H and O–H groups in total. The second-order valence-electron chi connectivity index (χ2n) is 5.44. The summed E-state index contributed by atoms with van der Waals surface area (Å²) in [5.41, 5.74) is 2.63. The number of nitro benzene ring substituents is 1. The van der Waals surface area contributed by atoms with Crippen LogP contribution in [-0.4, -0.2) is 27.2 Å². The van der Waals surface area contributed by atoms with Crippen LogP contribution >= 0.6 is 34.8 Å². The molecule has 0 unspecified atom stereocenters. The maximum absolute atomic E-state index is 11.2. The topological polar surface area (TPSA) is 131 Å². The standard InChI is InChI=1S/C17H9Cl3N4O5/c18-12-14(13(19)16(20)22-15(12)17(25)26)23-21-7-10-5-6-11(29-10)8-1-3-9(4-2-8)24(27)28/h1-7H,(H,22,23)(H,25,26)/b21-7-. The molecule has 0 saturated heterocycles. The lowest BCUT2D eigenvalue weighted by atomic mass is 10.1. The third kappa shape index (κ3) is 4.48. The van der Waals surface area contributed by atoms with Crippen molar-refractivity contribution < 1.29 is 19.2 Å². The summed E-state index contributed by atoms with van der Waals surface area (Å²) < 4.78 is 5.60. The lowest BCUT2D eigenvalue weighted by molar-refractivity contribution is -0.384. The number of hydrogen-bond acceptors (Lipinski definition) is 7. The molecule has 2 heterocycles. The number of benzene rings is 1. The molecule has 0 radical (unpaired) electrons. The van der Waals surface area contributed by atoms with Gasteiger partial charge in [-0.05, 0) is 24.3 Å². The monoisotopic (exact) mass is 454 g/mol. The number of hydrazone groups is 1. The number of carboxylic acid groups (broad SMARTS) is 1. The Labute approximate surface area is 177 Å². The molecule has 0 atom stereocenters. The van der Waals surface area contributed by atoms with Gasteiger partial charge in [0.1, 0.15) is 21.6 Å². The summed E-state index contributed by atoms with van der Waals surface area (Å²) in [5, 5.41) is 23.1. The molecular formula is C17H9Cl3N4O5. The zero-order chi connectivity index (χ0) is 21.1. The minimum atomic E-state index is -1.38. The minimum Gasteiger partial charge on any atom is -0.476 e. The molecular weight excluding hydrogens is 447 g/mol. The summed E-state index contributed by atoms with van der Waals surface area (Å²) in [6.07, 6.45) is 1.30. The van der Waals surface area contributed by atoms with Crippen LogP contribution in [0.15, 0.2) is 45.9 Å². The van der Waals surface area contributed by atoms with Gasteiger partial charge in [0.2, 0.25) is 0 Å². The first-order chi connectivity index (χ1) is 13.8. The first-order valence-electron chi connectivity index (χ1n) is 7.69. The number of rotatable bonds is 6. The van der Waals surface area contributed by atoms with E-state index in [1.165, 1.54) is 18.3 Å². The highest BCUT2D eigenvalue weighted by atomic mass is 35.5. The Morgan fingerprint density at radius 1 is 1.17 bits per heavy atom. The van der Waals surface area contributed by atoms with Crippen LogP contribution in [0.1, 0.15) is 16.2 Å². The summed E-state index contributed by atoms with van der Waals surface area (Å²) in [7, 11) is 0. The lowest BCUT2D eigenvalue weighted by Gasteiger charge is -2.09. The van der Waals surface area contributed by atoms with Crippen molar-refractivity contribution in [1.82, 2.24) is 4.98 Å². The summed E-state index contributed by atoms with van der Waals surface area (Å²) in [6.45, 7) is 0. The van der Waals surface area contributed by atoms with Gasteiger partial charge in [0, 0.05) is 17.7 Å². The Morgan fingerprint density at radius 2 is 1.86 bits per heavy atom. The molecule has 0 spiro atoms. The van der Waals surface area contributed by atoms with Crippen LogP contribution in [0.25, 0.3) is 11.3 Å². The first kappa shape index (κ1) is 20.6. The second kappa shape index (κ2) is 8.48. The van der Waals surface area contributed by atoms with Crippen LogP contribution in [0.2, 0.25) is 15.2 Å². The van der Waals surface area contributed by atoms with Gasteiger partial charge in [0.25, 0.3) is 5.69 Å². The van der Waals surface area contributed by atoms with E-state index in [1.807, 2.05) is 0 Å². The van der Waals surface area contributed by atoms with Crippen molar-refractivity contribution in [2.75, 3.05) is 5.43 Å². The third-order valence-corrected chi connectivity index (χ3v) is 4.70. The molecule has 0 saturated carbocycles. The molecule has 0 aliphatic heterocycles. The van der Waals surface area contributed by atoms with E-state index < -0.39 is 16.6 Å². The maximum Gasteiger partial charge on any atom is 0.356 e. The van der Waals surface area contributed by atoms with Crippen LogP contribution in [-0.2, 0) is 0 Å². The van der Waals surface area contributed by atoms with E-state index >= 15 is 0 Å². The summed E-state index contributed by atoms with van der Waals surface area (Å²) in [5.74, 6) is -0.561. The fourth-order valence-corrected chi connectivity index (χ4v) is 2.91. The average Bonchev–Trinajstić information content (AvgIpc) is 3.16. The van der Waals surface area contributed by atoms with E-state index in [0.717, 1.165) is 0 Å². The van der Waals surface area contributed by atoms with Crippen molar-refractivity contribution in [1.29, 1.82) is 0 Å². The van der Waals surface area contributed by atoms with Gasteiger partial charge in [-0.2, -0.15) is 5.10 Å². The highest BCUT2D eigenvalue weighted by molar-refractivity contribution is 6.46. The first-order valence-corrected chi connectivity index (χ1v) is 8.83. The summed E-state index contributed by atoms with van der Waals surface area (Å²) >= 11 is 17.8. The Balaban J connectivity index is 1.79. The van der Waals surface area contributed by atoms with E-state index in [9.17, 15) is 14.9 Å². The molecule has 29 heavy (non-hydrogen) atoms. The van der Waals surface area contributed by atoms with Gasteiger partial charge in [0.15, 0.2) is 10.8 Å². The molecule has 0 aliphatic carbocycles. The Kier molecular flexibility index (Phi) is 6.02. The van der Waals surface area contributed by atoms with Crippen LogP contribution in [0, 0.1) is 10.1 Å². The van der Waals surface area contributed by atoms with Gasteiger partial charge < -0.3 is 9.52 Å².